The maximum absolute atomic E-state index is 6.47. The van der Waals surface area contributed by atoms with Gasteiger partial charge in [0.2, 0.25) is 11.8 Å². The van der Waals surface area contributed by atoms with Crippen LogP contribution in [-0.4, -0.2) is 9.97 Å². The second-order valence-corrected chi connectivity index (χ2v) is 19.1. The molecule has 0 unspecified atom stereocenters. The average molecular weight is 975 g/mol. The maximum atomic E-state index is 6.47. The van der Waals surface area contributed by atoms with E-state index in [1.807, 2.05) is 36.4 Å². The Morgan fingerprint density at radius 2 is 0.513 bits per heavy atom. The van der Waals surface area contributed by atoms with E-state index in [1.165, 1.54) is 43.8 Å². The van der Waals surface area contributed by atoms with E-state index < -0.39 is 0 Å². The summed E-state index contributed by atoms with van der Waals surface area (Å²) in [6.07, 6.45) is 0. The van der Waals surface area contributed by atoms with Crippen LogP contribution in [0.4, 0.5) is 34.1 Å². The van der Waals surface area contributed by atoms with E-state index in [0.29, 0.717) is 22.9 Å². The van der Waals surface area contributed by atoms with E-state index >= 15 is 0 Å². The number of benzene rings is 12. The Labute approximate surface area is 439 Å². The van der Waals surface area contributed by atoms with Crippen molar-refractivity contribution in [2.24, 2.45) is 0 Å². The third-order valence-corrected chi connectivity index (χ3v) is 14.3. The normalized spacial score (nSPS) is 11.4. The number of oxazole rings is 2. The lowest BCUT2D eigenvalue weighted by molar-refractivity contribution is 0.619. The summed E-state index contributed by atoms with van der Waals surface area (Å²) in [4.78, 5) is 14.4. The van der Waals surface area contributed by atoms with Crippen molar-refractivity contribution in [3.63, 3.8) is 0 Å². The minimum atomic E-state index is 0.563. The molecule has 358 valence electrons. The number of aromatic nitrogens is 2. The van der Waals surface area contributed by atoms with E-state index in [1.54, 1.807) is 0 Å². The Hall–Kier alpha value is -10.3. The monoisotopic (exact) mass is 974 g/mol. The van der Waals surface area contributed by atoms with Crippen molar-refractivity contribution in [1.29, 1.82) is 0 Å². The Kier molecular flexibility index (Phi) is 11.1. The van der Waals surface area contributed by atoms with Crippen LogP contribution in [0.5, 0.6) is 0 Å². The molecule has 6 heteroatoms. The van der Waals surface area contributed by atoms with E-state index in [0.717, 1.165) is 67.4 Å². The zero-order valence-electron chi connectivity index (χ0n) is 41.2. The summed E-state index contributed by atoms with van der Waals surface area (Å²) in [6, 6.07) is 97.8. The molecule has 0 radical (unpaired) electrons. The third kappa shape index (κ3) is 8.49. The molecule has 14 rings (SSSR count). The largest absolute Gasteiger partial charge is 0.436 e. The Morgan fingerprint density at radius 3 is 0.895 bits per heavy atom. The molecule has 0 bridgehead atoms. The van der Waals surface area contributed by atoms with Gasteiger partial charge in [0.1, 0.15) is 11.0 Å². The van der Waals surface area contributed by atoms with Gasteiger partial charge in [0.05, 0.1) is 0 Å². The molecule has 76 heavy (non-hydrogen) atoms. The second-order valence-electron chi connectivity index (χ2n) is 19.1. The van der Waals surface area contributed by atoms with Crippen LogP contribution in [0.2, 0.25) is 0 Å². The standard InChI is InChI=1S/C70H46N4O2/c1-3-15-59(16-4-1)73(61-33-23-49(24-34-61)55-21-19-47-11-7-9-13-53(47)43-55)63-37-27-51(28-38-63)69-71-65-41-31-57(45-67(65)75-69)58-32-42-66-68(46-58)76-70(72-66)52-29-39-64(40-30-52)74(60-17-5-2-6-18-60)62-35-25-50(26-36-62)56-22-20-48-12-8-10-14-54(48)44-56/h1-46H. The van der Waals surface area contributed by atoms with Gasteiger partial charge in [0.15, 0.2) is 11.2 Å². The molecule has 0 aliphatic rings. The van der Waals surface area contributed by atoms with Gasteiger partial charge < -0.3 is 18.6 Å². The summed E-state index contributed by atoms with van der Waals surface area (Å²) >= 11 is 0. The van der Waals surface area contributed by atoms with Gasteiger partial charge in [0.25, 0.3) is 0 Å². The molecule has 0 amide bonds. The van der Waals surface area contributed by atoms with E-state index in [2.05, 4.69) is 252 Å². The van der Waals surface area contributed by atoms with E-state index in [-0.39, 0.29) is 0 Å². The van der Waals surface area contributed by atoms with Crippen LogP contribution in [0.15, 0.2) is 288 Å². The van der Waals surface area contributed by atoms with Crippen LogP contribution in [0.1, 0.15) is 0 Å². The highest BCUT2D eigenvalue weighted by Crippen LogP contribution is 2.40. The third-order valence-electron chi connectivity index (χ3n) is 14.3. The quantitative estimate of drug-likeness (QED) is 0.129. The van der Waals surface area contributed by atoms with Gasteiger partial charge in [-0.1, -0.05) is 146 Å². The van der Waals surface area contributed by atoms with Gasteiger partial charge in [-0.15, -0.1) is 0 Å². The topological polar surface area (TPSA) is 58.5 Å². The highest BCUT2D eigenvalue weighted by molar-refractivity contribution is 5.91. The molecular weight excluding hydrogens is 929 g/mol. The fraction of sp³-hybridized carbons (Fsp3) is 0. The number of fused-ring (bicyclic) bond motifs is 4. The molecular formula is C70H46N4O2. The lowest BCUT2D eigenvalue weighted by Gasteiger charge is -2.25. The molecule has 0 fully saturated rings. The summed E-state index contributed by atoms with van der Waals surface area (Å²) in [5.41, 5.74) is 17.8. The van der Waals surface area contributed by atoms with Gasteiger partial charge in [-0.05, 0) is 188 Å². The van der Waals surface area contributed by atoms with Crippen molar-refractivity contribution in [1.82, 2.24) is 9.97 Å². The highest BCUT2D eigenvalue weighted by Gasteiger charge is 2.18. The number of nitrogens with zero attached hydrogens (tertiary/aromatic N) is 4. The Balaban J connectivity index is 0.698. The first-order chi connectivity index (χ1) is 37.6. The summed E-state index contributed by atoms with van der Waals surface area (Å²) < 4.78 is 12.9. The Bertz CT molecular complexity index is 4090. The van der Waals surface area contributed by atoms with Crippen LogP contribution in [0.25, 0.3) is 100 Å². The molecule has 0 aliphatic carbocycles. The minimum Gasteiger partial charge on any atom is -0.436 e. The summed E-state index contributed by atoms with van der Waals surface area (Å²) in [5, 5.41) is 4.94. The predicted octanol–water partition coefficient (Wildman–Crippen LogP) is 19.6. The lowest BCUT2D eigenvalue weighted by atomic mass is 10.0. The van der Waals surface area contributed by atoms with Crippen molar-refractivity contribution >= 4 is 77.9 Å². The molecule has 14 aromatic rings. The first kappa shape index (κ1) is 44.4. The summed E-state index contributed by atoms with van der Waals surface area (Å²) in [5.74, 6) is 1.13. The second kappa shape index (κ2) is 19.0. The number of hydrogen-bond acceptors (Lipinski definition) is 6. The minimum absolute atomic E-state index is 0.563. The smallest absolute Gasteiger partial charge is 0.227 e. The first-order valence-electron chi connectivity index (χ1n) is 25.5. The zero-order valence-corrected chi connectivity index (χ0v) is 41.2. The molecule has 0 saturated carbocycles. The molecule has 0 N–H and O–H groups in total. The maximum Gasteiger partial charge on any atom is 0.227 e. The molecule has 0 saturated heterocycles. The van der Waals surface area contributed by atoms with Gasteiger partial charge in [-0.25, -0.2) is 9.97 Å². The highest BCUT2D eigenvalue weighted by atomic mass is 16.4. The fourth-order valence-corrected chi connectivity index (χ4v) is 10.4. The number of rotatable bonds is 11. The van der Waals surface area contributed by atoms with Crippen LogP contribution >= 0.6 is 0 Å². The van der Waals surface area contributed by atoms with E-state index in [9.17, 15) is 0 Å². The SMILES string of the molecule is c1ccc(N(c2ccc(-c3ccc4ccccc4c3)cc2)c2ccc(-c3nc4ccc(-c5ccc6nc(-c7ccc(N(c8ccccc8)c8ccc(-c9ccc%10ccccc%10c9)cc8)cc7)oc6c5)cc4o3)cc2)cc1. The van der Waals surface area contributed by atoms with Gasteiger partial charge in [0, 0.05) is 45.3 Å². The number of para-hydroxylation sites is 2. The zero-order chi connectivity index (χ0) is 50.4. The molecule has 2 aromatic heterocycles. The number of hydrogen-bond donors (Lipinski definition) is 0. The molecule has 0 aliphatic heterocycles. The van der Waals surface area contributed by atoms with Crippen molar-refractivity contribution in [2.75, 3.05) is 9.80 Å². The van der Waals surface area contributed by atoms with Crippen molar-refractivity contribution in [3.8, 4) is 56.3 Å². The molecule has 0 spiro atoms. The van der Waals surface area contributed by atoms with Crippen LogP contribution in [0, 0.1) is 0 Å². The van der Waals surface area contributed by atoms with Crippen LogP contribution in [-0.2, 0) is 0 Å². The van der Waals surface area contributed by atoms with Crippen LogP contribution < -0.4 is 9.80 Å². The van der Waals surface area contributed by atoms with Gasteiger partial charge >= 0.3 is 0 Å². The average Bonchev–Trinajstić information content (AvgIpc) is 4.14. The molecule has 6 nitrogen and oxygen atoms in total. The summed E-state index contributed by atoms with van der Waals surface area (Å²) in [6.45, 7) is 0. The van der Waals surface area contributed by atoms with Crippen molar-refractivity contribution in [2.45, 2.75) is 0 Å². The molecule has 12 aromatic carbocycles. The van der Waals surface area contributed by atoms with Gasteiger partial charge in [-0.3, -0.25) is 0 Å². The van der Waals surface area contributed by atoms with E-state index in [4.69, 9.17) is 18.8 Å². The molecule has 2 heterocycles. The fourth-order valence-electron chi connectivity index (χ4n) is 10.4. The predicted molar refractivity (Wildman–Crippen MR) is 313 cm³/mol. The lowest BCUT2D eigenvalue weighted by Crippen LogP contribution is -2.09. The molecule has 0 atom stereocenters. The summed E-state index contributed by atoms with van der Waals surface area (Å²) in [7, 11) is 0. The first-order valence-corrected chi connectivity index (χ1v) is 25.5. The van der Waals surface area contributed by atoms with Crippen molar-refractivity contribution < 1.29 is 8.83 Å². The Morgan fingerprint density at radius 1 is 0.224 bits per heavy atom. The van der Waals surface area contributed by atoms with Crippen LogP contribution in [0.3, 0.4) is 0 Å². The van der Waals surface area contributed by atoms with Gasteiger partial charge in [-0.2, -0.15) is 0 Å². The van der Waals surface area contributed by atoms with Crippen molar-refractivity contribution in [3.05, 3.63) is 279 Å². The number of anilines is 6.